The Morgan fingerprint density at radius 1 is 0.951 bits per heavy atom. The maximum absolute atomic E-state index is 12.8. The number of pyridine rings is 1. The Hall–Kier alpha value is -4.44. The van der Waals surface area contributed by atoms with Gasteiger partial charge in [-0.1, -0.05) is 12.1 Å². The van der Waals surface area contributed by atoms with Crippen molar-refractivity contribution in [3.05, 3.63) is 90.0 Å². The molecule has 41 heavy (non-hydrogen) atoms. The summed E-state index contributed by atoms with van der Waals surface area (Å²) in [6, 6.07) is 21.6. The van der Waals surface area contributed by atoms with E-state index in [1.165, 1.54) is 12.1 Å². The van der Waals surface area contributed by atoms with Crippen LogP contribution in [-0.4, -0.2) is 52.0 Å². The predicted octanol–water partition coefficient (Wildman–Crippen LogP) is 6.47. The maximum atomic E-state index is 12.8. The van der Waals surface area contributed by atoms with Gasteiger partial charge in [0.15, 0.2) is 0 Å². The molecule has 0 atom stereocenters. The van der Waals surface area contributed by atoms with Crippen molar-refractivity contribution in [3.63, 3.8) is 0 Å². The van der Waals surface area contributed by atoms with E-state index in [4.69, 9.17) is 9.98 Å². The van der Waals surface area contributed by atoms with Crippen LogP contribution in [0.25, 0.3) is 28.1 Å². The zero-order chi connectivity index (χ0) is 28.6. The van der Waals surface area contributed by atoms with E-state index in [9.17, 15) is 13.2 Å². The quantitative estimate of drug-likeness (QED) is 0.251. The van der Waals surface area contributed by atoms with Gasteiger partial charge in [0.05, 0.1) is 50.9 Å². The molecule has 1 saturated heterocycles. The Labute approximate surface area is 235 Å². The minimum Gasteiger partial charge on any atom is -0.406 e. The second-order valence-electron chi connectivity index (χ2n) is 10.3. The normalized spacial score (nSPS) is 15.5. The fourth-order valence-corrected chi connectivity index (χ4v) is 5.21. The first-order valence-electron chi connectivity index (χ1n) is 13.5. The molecule has 1 aliphatic carbocycles. The van der Waals surface area contributed by atoms with Crippen LogP contribution >= 0.6 is 0 Å². The summed E-state index contributed by atoms with van der Waals surface area (Å²) in [6.45, 7) is 3.90. The molecule has 3 aliphatic rings. The van der Waals surface area contributed by atoms with Crippen LogP contribution < -0.4 is 15.4 Å². The van der Waals surface area contributed by atoms with Gasteiger partial charge in [0.25, 0.3) is 0 Å². The van der Waals surface area contributed by atoms with Crippen molar-refractivity contribution < 1.29 is 17.9 Å². The average molecular weight is 559 g/mol. The number of ether oxygens (including phenoxy) is 1. The first kappa shape index (κ1) is 26.8. The molecule has 3 heterocycles. The van der Waals surface area contributed by atoms with Crippen molar-refractivity contribution in [2.75, 3.05) is 25.5 Å². The number of alkyl halides is 3. The van der Waals surface area contributed by atoms with Crippen molar-refractivity contribution in [2.45, 2.75) is 32.2 Å². The summed E-state index contributed by atoms with van der Waals surface area (Å²) in [4.78, 5) is 16.9. The zero-order valence-electron chi connectivity index (χ0n) is 22.7. The second kappa shape index (κ2) is 10.9. The number of piperidine rings is 1. The second-order valence-corrected chi connectivity index (χ2v) is 10.3. The fraction of sp³-hybridized carbons (Fsp3) is 0.258. The predicted molar refractivity (Wildman–Crippen MR) is 153 cm³/mol. The van der Waals surface area contributed by atoms with Crippen LogP contribution in [0.3, 0.4) is 0 Å². The number of aryl methyl sites for hydroxylation is 1. The van der Waals surface area contributed by atoms with Gasteiger partial charge in [-0.2, -0.15) is 0 Å². The molecule has 0 radical (unpaired) electrons. The maximum Gasteiger partial charge on any atom is 0.573 e. The molecule has 10 heteroatoms. The molecule has 6 rings (SSSR count). The average Bonchev–Trinajstić information content (AvgIpc) is 2.94. The molecule has 1 N–H and O–H groups in total. The van der Waals surface area contributed by atoms with E-state index >= 15 is 0 Å². The summed E-state index contributed by atoms with van der Waals surface area (Å²) in [6.07, 6.45) is -1.09. The number of benzene rings is 3. The molecule has 210 valence electrons. The van der Waals surface area contributed by atoms with Crippen molar-refractivity contribution in [1.29, 1.82) is 0 Å². The monoisotopic (exact) mass is 558 g/mol. The number of para-hydroxylation sites is 2. The van der Waals surface area contributed by atoms with E-state index in [1.54, 1.807) is 18.3 Å². The molecule has 2 aliphatic heterocycles. The SMILES string of the molecule is Cc1ncccc1Nc1cc2nc3ccccc3n(-c3ccc(OC(F)(F)F)cc3)c-2cc1=NC1CCN(C)CC1. The number of fused-ring (bicyclic) bond motifs is 2. The number of nitrogens with zero attached hydrogens (tertiary/aromatic N) is 5. The third kappa shape index (κ3) is 5.88. The number of nitrogens with one attached hydrogen (secondary N) is 1. The zero-order valence-corrected chi connectivity index (χ0v) is 22.7. The molecule has 0 saturated carbocycles. The summed E-state index contributed by atoms with van der Waals surface area (Å²) in [5.41, 5.74) is 6.30. The van der Waals surface area contributed by atoms with E-state index in [0.29, 0.717) is 11.4 Å². The highest BCUT2D eigenvalue weighted by Gasteiger charge is 2.31. The number of hydrogen-bond acceptors (Lipinski definition) is 6. The number of likely N-dealkylation sites (tertiary alicyclic amines) is 1. The van der Waals surface area contributed by atoms with Gasteiger partial charge >= 0.3 is 6.36 Å². The van der Waals surface area contributed by atoms with Crippen LogP contribution in [0, 0.1) is 6.92 Å². The lowest BCUT2D eigenvalue weighted by molar-refractivity contribution is -0.274. The Balaban J connectivity index is 1.55. The number of anilines is 2. The largest absolute Gasteiger partial charge is 0.573 e. The topological polar surface area (TPSA) is 67.6 Å². The first-order valence-corrected chi connectivity index (χ1v) is 13.5. The van der Waals surface area contributed by atoms with E-state index in [0.717, 1.165) is 65.1 Å². The van der Waals surface area contributed by atoms with Crippen molar-refractivity contribution in [2.24, 2.45) is 4.99 Å². The van der Waals surface area contributed by atoms with Gasteiger partial charge in [-0.15, -0.1) is 13.2 Å². The van der Waals surface area contributed by atoms with E-state index in [2.05, 4.69) is 27.0 Å². The lowest BCUT2D eigenvalue weighted by atomic mass is 10.1. The number of hydrogen-bond donors (Lipinski definition) is 1. The van der Waals surface area contributed by atoms with Crippen LogP contribution in [0.2, 0.25) is 0 Å². The van der Waals surface area contributed by atoms with Crippen LogP contribution in [0.4, 0.5) is 24.5 Å². The van der Waals surface area contributed by atoms with Gasteiger partial charge < -0.3 is 19.5 Å². The summed E-state index contributed by atoms with van der Waals surface area (Å²) in [7, 11) is 2.12. The standard InChI is InChI=1S/C31H29F3N6O/c1-20-24(7-5-15-35-20)37-26-18-28-30(19-27(26)36-21-13-16-39(2)17-14-21)40(29-8-4-3-6-25(29)38-28)22-9-11-23(12-10-22)41-31(32,33)34/h3-12,15,18-19,21,37H,13-14,16-17H2,1-2H3. The molecule has 0 unspecified atom stereocenters. The molecule has 0 amide bonds. The number of halogens is 3. The molecule has 7 nitrogen and oxygen atoms in total. The molecule has 0 bridgehead atoms. The summed E-state index contributed by atoms with van der Waals surface area (Å²) < 4.78 is 44.5. The third-order valence-electron chi connectivity index (χ3n) is 7.31. The van der Waals surface area contributed by atoms with E-state index in [1.807, 2.05) is 60.0 Å². The van der Waals surface area contributed by atoms with Gasteiger partial charge in [0.2, 0.25) is 0 Å². The number of aromatic nitrogens is 3. The van der Waals surface area contributed by atoms with Crippen molar-refractivity contribution in [3.8, 4) is 22.8 Å². The highest BCUT2D eigenvalue weighted by molar-refractivity contribution is 5.84. The van der Waals surface area contributed by atoms with Gasteiger partial charge in [-0.3, -0.25) is 9.98 Å². The van der Waals surface area contributed by atoms with Gasteiger partial charge in [0, 0.05) is 11.9 Å². The smallest absolute Gasteiger partial charge is 0.406 e. The first-order chi connectivity index (χ1) is 19.7. The fourth-order valence-electron chi connectivity index (χ4n) is 5.21. The Morgan fingerprint density at radius 3 is 2.44 bits per heavy atom. The Bertz CT molecular complexity index is 1720. The molecule has 1 fully saturated rings. The molecular formula is C31H29F3N6O. The Kier molecular flexibility index (Phi) is 7.08. The molecule has 1 aromatic heterocycles. The van der Waals surface area contributed by atoms with Crippen LogP contribution in [-0.2, 0) is 0 Å². The Morgan fingerprint density at radius 2 is 1.71 bits per heavy atom. The summed E-state index contributed by atoms with van der Waals surface area (Å²) in [5.74, 6) is -0.277. The number of rotatable bonds is 5. The van der Waals surface area contributed by atoms with E-state index < -0.39 is 6.36 Å². The third-order valence-corrected chi connectivity index (χ3v) is 7.31. The van der Waals surface area contributed by atoms with Crippen molar-refractivity contribution in [1.82, 2.24) is 19.4 Å². The summed E-state index contributed by atoms with van der Waals surface area (Å²) >= 11 is 0. The lowest BCUT2D eigenvalue weighted by Gasteiger charge is -2.27. The summed E-state index contributed by atoms with van der Waals surface area (Å²) in [5, 5.41) is 4.32. The van der Waals surface area contributed by atoms with Gasteiger partial charge in [-0.05, 0) is 101 Å². The van der Waals surface area contributed by atoms with Crippen LogP contribution in [0.15, 0.2) is 84.0 Å². The van der Waals surface area contributed by atoms with Gasteiger partial charge in [-0.25, -0.2) is 4.98 Å². The molecule has 3 aromatic rings. The van der Waals surface area contributed by atoms with Crippen molar-refractivity contribution >= 4 is 22.4 Å². The lowest BCUT2D eigenvalue weighted by Crippen LogP contribution is -2.33. The van der Waals surface area contributed by atoms with E-state index in [-0.39, 0.29) is 11.8 Å². The molecular weight excluding hydrogens is 529 g/mol. The molecule has 0 spiro atoms. The highest BCUT2D eigenvalue weighted by atomic mass is 19.4. The minimum absolute atomic E-state index is 0.167. The van der Waals surface area contributed by atoms with Crippen LogP contribution in [0.5, 0.6) is 5.75 Å². The molecule has 2 aromatic carbocycles. The highest BCUT2D eigenvalue weighted by Crippen LogP contribution is 2.32. The minimum atomic E-state index is -4.76. The van der Waals surface area contributed by atoms with Gasteiger partial charge in [0.1, 0.15) is 5.75 Å². The van der Waals surface area contributed by atoms with Crippen LogP contribution in [0.1, 0.15) is 18.5 Å².